The number of amides is 1. The molecule has 0 radical (unpaired) electrons. The highest BCUT2D eigenvalue weighted by Gasteiger charge is 2.18. The van der Waals surface area contributed by atoms with Crippen LogP contribution in [0.3, 0.4) is 0 Å². The van der Waals surface area contributed by atoms with Crippen molar-refractivity contribution in [1.82, 2.24) is 9.78 Å². The highest BCUT2D eigenvalue weighted by Crippen LogP contribution is 2.19. The Hall–Kier alpha value is -1.52. The summed E-state index contributed by atoms with van der Waals surface area (Å²) < 4.78 is 1.64. The molecule has 1 heterocycles. The normalized spacial score (nSPS) is 10.2. The molecule has 5 heteroatoms. The van der Waals surface area contributed by atoms with Gasteiger partial charge in [-0.25, -0.2) is 0 Å². The number of hydrogen-bond donors (Lipinski definition) is 2. The van der Waals surface area contributed by atoms with Crippen molar-refractivity contribution in [3.63, 3.8) is 0 Å². The van der Waals surface area contributed by atoms with Gasteiger partial charge >= 0.3 is 0 Å². The second kappa shape index (κ2) is 4.13. The summed E-state index contributed by atoms with van der Waals surface area (Å²) in [5, 5.41) is 7.17. The fourth-order valence-corrected chi connectivity index (χ4v) is 1.54. The fourth-order valence-electron chi connectivity index (χ4n) is 1.54. The number of aryl methyl sites for hydroxylation is 2. The van der Waals surface area contributed by atoms with Gasteiger partial charge in [-0.05, 0) is 6.42 Å². The van der Waals surface area contributed by atoms with Gasteiger partial charge in [-0.3, -0.25) is 9.48 Å². The van der Waals surface area contributed by atoms with Crippen molar-refractivity contribution in [1.29, 1.82) is 0 Å². The number of aromatic nitrogens is 2. The van der Waals surface area contributed by atoms with Crippen LogP contribution in [0.2, 0.25) is 0 Å². The standard InChI is InChI=1S/C9H16N4O/c1-4-5-6-7(8(10)14)9(11-2)13(3)12-6/h11H,4-5H2,1-3H3,(H2,10,14). The van der Waals surface area contributed by atoms with Gasteiger partial charge in [-0.2, -0.15) is 5.10 Å². The molecule has 1 aromatic rings. The Bertz CT molecular complexity index is 343. The molecule has 1 rings (SSSR count). The number of nitrogens with one attached hydrogen (secondary N) is 1. The SMILES string of the molecule is CCCc1nn(C)c(NC)c1C(N)=O. The van der Waals surface area contributed by atoms with Crippen LogP contribution in [0.15, 0.2) is 0 Å². The molecular formula is C9H16N4O. The van der Waals surface area contributed by atoms with Crippen molar-refractivity contribution in [2.75, 3.05) is 12.4 Å². The lowest BCUT2D eigenvalue weighted by molar-refractivity contribution is 0.1000. The van der Waals surface area contributed by atoms with Gasteiger partial charge < -0.3 is 11.1 Å². The number of hydrogen-bond acceptors (Lipinski definition) is 3. The highest BCUT2D eigenvalue weighted by molar-refractivity contribution is 5.98. The van der Waals surface area contributed by atoms with Gasteiger partial charge in [0.1, 0.15) is 11.4 Å². The van der Waals surface area contributed by atoms with Crippen molar-refractivity contribution >= 4 is 11.7 Å². The largest absolute Gasteiger partial charge is 0.373 e. The lowest BCUT2D eigenvalue weighted by Gasteiger charge is -2.01. The van der Waals surface area contributed by atoms with E-state index < -0.39 is 5.91 Å². The van der Waals surface area contributed by atoms with Crippen molar-refractivity contribution in [2.45, 2.75) is 19.8 Å². The summed E-state index contributed by atoms with van der Waals surface area (Å²) in [5.41, 5.74) is 6.58. The lowest BCUT2D eigenvalue weighted by Crippen LogP contribution is -2.15. The molecule has 0 aliphatic rings. The van der Waals surface area contributed by atoms with Crippen molar-refractivity contribution < 1.29 is 4.79 Å². The lowest BCUT2D eigenvalue weighted by atomic mass is 10.1. The average Bonchev–Trinajstić information content (AvgIpc) is 2.42. The molecule has 0 fully saturated rings. The first-order valence-corrected chi connectivity index (χ1v) is 4.65. The third-order valence-corrected chi connectivity index (χ3v) is 2.09. The third-order valence-electron chi connectivity index (χ3n) is 2.09. The van der Waals surface area contributed by atoms with Crippen LogP contribution in [-0.2, 0) is 13.5 Å². The molecule has 0 spiro atoms. The average molecular weight is 196 g/mol. The maximum Gasteiger partial charge on any atom is 0.254 e. The molecule has 0 unspecified atom stereocenters. The maximum absolute atomic E-state index is 11.2. The van der Waals surface area contributed by atoms with Gasteiger partial charge in [-0.15, -0.1) is 0 Å². The minimum absolute atomic E-state index is 0.425. The van der Waals surface area contributed by atoms with Crippen LogP contribution in [0.25, 0.3) is 0 Å². The Morgan fingerprint density at radius 1 is 1.64 bits per heavy atom. The molecule has 0 aromatic carbocycles. The highest BCUT2D eigenvalue weighted by atomic mass is 16.1. The van der Waals surface area contributed by atoms with Gasteiger partial charge in [0.25, 0.3) is 5.91 Å². The zero-order chi connectivity index (χ0) is 10.7. The van der Waals surface area contributed by atoms with Crippen LogP contribution in [0.5, 0.6) is 0 Å². The monoisotopic (exact) mass is 196 g/mol. The number of carbonyl (C=O) groups is 1. The van der Waals surface area contributed by atoms with Crippen LogP contribution in [0.1, 0.15) is 29.4 Å². The van der Waals surface area contributed by atoms with Crippen LogP contribution in [-0.4, -0.2) is 22.7 Å². The molecule has 0 atom stereocenters. The van der Waals surface area contributed by atoms with Crippen LogP contribution in [0, 0.1) is 0 Å². The van der Waals surface area contributed by atoms with Crippen molar-refractivity contribution in [2.24, 2.45) is 12.8 Å². The number of nitrogens with two attached hydrogens (primary N) is 1. The maximum atomic E-state index is 11.2. The number of anilines is 1. The van der Waals surface area contributed by atoms with Crippen LogP contribution < -0.4 is 11.1 Å². The number of carbonyl (C=O) groups excluding carboxylic acids is 1. The van der Waals surface area contributed by atoms with Gasteiger partial charge in [0.05, 0.1) is 5.69 Å². The molecule has 78 valence electrons. The summed E-state index contributed by atoms with van der Waals surface area (Å²) in [6.07, 6.45) is 1.72. The summed E-state index contributed by atoms with van der Waals surface area (Å²) in [4.78, 5) is 11.2. The Kier molecular flexibility index (Phi) is 3.11. The Balaban J connectivity index is 3.22. The molecule has 0 saturated heterocycles. The van der Waals surface area contributed by atoms with E-state index in [9.17, 15) is 4.79 Å². The Labute approximate surface area is 83.3 Å². The summed E-state index contributed by atoms with van der Waals surface area (Å²) >= 11 is 0. The molecule has 0 saturated carbocycles. The summed E-state index contributed by atoms with van der Waals surface area (Å²) in [5.74, 6) is 0.256. The molecule has 1 aromatic heterocycles. The van der Waals surface area contributed by atoms with E-state index in [0.717, 1.165) is 18.5 Å². The third kappa shape index (κ3) is 1.71. The quantitative estimate of drug-likeness (QED) is 0.737. The van der Waals surface area contributed by atoms with Crippen molar-refractivity contribution in [3.8, 4) is 0 Å². The number of rotatable bonds is 4. The zero-order valence-corrected chi connectivity index (χ0v) is 8.79. The van der Waals surface area contributed by atoms with E-state index >= 15 is 0 Å². The molecule has 0 bridgehead atoms. The molecule has 0 aliphatic carbocycles. The smallest absolute Gasteiger partial charge is 0.254 e. The summed E-state index contributed by atoms with van der Waals surface area (Å²) in [6.45, 7) is 2.04. The first-order valence-electron chi connectivity index (χ1n) is 4.65. The predicted octanol–water partition coefficient (Wildman–Crippen LogP) is 0.513. The van der Waals surface area contributed by atoms with E-state index in [0.29, 0.717) is 11.4 Å². The Morgan fingerprint density at radius 3 is 2.71 bits per heavy atom. The van der Waals surface area contributed by atoms with E-state index in [1.165, 1.54) is 0 Å². The predicted molar refractivity (Wildman–Crippen MR) is 55.3 cm³/mol. The number of nitrogens with zero attached hydrogens (tertiary/aromatic N) is 2. The van der Waals surface area contributed by atoms with E-state index in [-0.39, 0.29) is 0 Å². The minimum Gasteiger partial charge on any atom is -0.373 e. The van der Waals surface area contributed by atoms with Gasteiger partial charge in [0.15, 0.2) is 0 Å². The Morgan fingerprint density at radius 2 is 2.29 bits per heavy atom. The summed E-state index contributed by atoms with van der Waals surface area (Å²) in [7, 11) is 3.54. The zero-order valence-electron chi connectivity index (χ0n) is 8.79. The van der Waals surface area contributed by atoms with Crippen LogP contribution in [0.4, 0.5) is 5.82 Å². The molecular weight excluding hydrogens is 180 g/mol. The van der Waals surface area contributed by atoms with E-state index in [4.69, 9.17) is 5.73 Å². The first-order chi connectivity index (χ1) is 6.61. The molecule has 0 aliphatic heterocycles. The second-order valence-corrected chi connectivity index (χ2v) is 3.16. The number of primary amides is 1. The van der Waals surface area contributed by atoms with Gasteiger partial charge in [0.2, 0.25) is 0 Å². The van der Waals surface area contributed by atoms with Gasteiger partial charge in [-0.1, -0.05) is 13.3 Å². The minimum atomic E-state index is -0.425. The first kappa shape index (κ1) is 10.6. The fraction of sp³-hybridized carbons (Fsp3) is 0.556. The van der Waals surface area contributed by atoms with Crippen LogP contribution >= 0.6 is 0 Å². The van der Waals surface area contributed by atoms with Gasteiger partial charge in [0, 0.05) is 14.1 Å². The summed E-state index contributed by atoms with van der Waals surface area (Å²) in [6, 6.07) is 0. The van der Waals surface area contributed by atoms with E-state index in [1.54, 1.807) is 18.8 Å². The van der Waals surface area contributed by atoms with E-state index in [2.05, 4.69) is 10.4 Å². The molecule has 5 nitrogen and oxygen atoms in total. The molecule has 1 amide bonds. The molecule has 14 heavy (non-hydrogen) atoms. The second-order valence-electron chi connectivity index (χ2n) is 3.16. The molecule has 3 N–H and O–H groups in total. The topological polar surface area (TPSA) is 72.9 Å². The van der Waals surface area contributed by atoms with Crippen molar-refractivity contribution in [3.05, 3.63) is 11.3 Å². The van der Waals surface area contributed by atoms with E-state index in [1.807, 2.05) is 6.92 Å².